The summed E-state index contributed by atoms with van der Waals surface area (Å²) in [5.41, 5.74) is 0.730. The fraction of sp³-hybridized carbons (Fsp3) is 0.658. The zero-order valence-electron chi connectivity index (χ0n) is 31.4. The van der Waals surface area contributed by atoms with E-state index in [0.29, 0.717) is 164 Å². The Morgan fingerprint density at radius 3 is 0.868 bits per heavy atom. The maximum Gasteiger partial charge on any atom is 0.221 e. The second-order valence-electron chi connectivity index (χ2n) is 11.0. The number of para-hydroxylation sites is 1. The monoisotopic (exact) mass is 755 g/mol. The molecule has 0 saturated heterocycles. The summed E-state index contributed by atoms with van der Waals surface area (Å²) in [6.07, 6.45) is 0. The van der Waals surface area contributed by atoms with Crippen LogP contribution in [-0.4, -0.2) is 164 Å². The molecule has 2 aromatic carbocycles. The van der Waals surface area contributed by atoms with Crippen molar-refractivity contribution in [1.29, 1.82) is 0 Å². The Bertz CT molecular complexity index is 1070. The normalized spacial score (nSPS) is 11.2. The number of hydrogen-bond donors (Lipinski definition) is 1. The molecule has 0 saturated carbocycles. The first-order chi connectivity index (χ1) is 26.2. The summed E-state index contributed by atoms with van der Waals surface area (Å²) in [7, 11) is 0. The second kappa shape index (κ2) is 36.1. The molecule has 0 aliphatic heterocycles. The molecule has 0 atom stereocenters. The number of carbonyl (C=O) groups excluding carboxylic acids is 1. The summed E-state index contributed by atoms with van der Waals surface area (Å²) in [4.78, 5) is 11.0. The van der Waals surface area contributed by atoms with Crippen molar-refractivity contribution in [2.24, 2.45) is 0 Å². The summed E-state index contributed by atoms with van der Waals surface area (Å²) in [5.74, 6) is 1.45. The fourth-order valence-corrected chi connectivity index (χ4v) is 4.09. The number of ether oxygens (including phenoxy) is 13. The van der Waals surface area contributed by atoms with E-state index >= 15 is 0 Å². The van der Waals surface area contributed by atoms with Gasteiger partial charge in [-0.25, -0.2) is 0 Å². The van der Waals surface area contributed by atoms with Crippen LogP contribution >= 0.6 is 0 Å². The van der Waals surface area contributed by atoms with Crippen molar-refractivity contribution in [1.82, 2.24) is 0 Å². The summed E-state index contributed by atoms with van der Waals surface area (Å²) in [5, 5.41) is 2.71. The molecule has 0 aliphatic rings. The molecule has 302 valence electrons. The van der Waals surface area contributed by atoms with Crippen LogP contribution in [0.15, 0.2) is 54.6 Å². The molecule has 53 heavy (non-hydrogen) atoms. The van der Waals surface area contributed by atoms with E-state index < -0.39 is 0 Å². The van der Waals surface area contributed by atoms with Gasteiger partial charge in [0.25, 0.3) is 0 Å². The van der Waals surface area contributed by atoms with Gasteiger partial charge in [0.1, 0.15) is 24.7 Å². The van der Waals surface area contributed by atoms with Crippen molar-refractivity contribution in [2.75, 3.05) is 164 Å². The molecule has 1 N–H and O–H groups in total. The highest BCUT2D eigenvalue weighted by molar-refractivity contribution is 5.88. The van der Waals surface area contributed by atoms with E-state index in [0.717, 1.165) is 11.4 Å². The third-order valence-corrected chi connectivity index (χ3v) is 6.63. The van der Waals surface area contributed by atoms with Crippen molar-refractivity contribution in [3.8, 4) is 11.5 Å². The van der Waals surface area contributed by atoms with Gasteiger partial charge in [0.15, 0.2) is 0 Å². The molecule has 2 aromatic rings. The molecule has 0 heterocycles. The minimum absolute atomic E-state index is 0.109. The molecule has 15 heteroatoms. The molecule has 0 bridgehead atoms. The van der Waals surface area contributed by atoms with Crippen LogP contribution in [0, 0.1) is 0 Å². The van der Waals surface area contributed by atoms with Gasteiger partial charge in [-0.15, -0.1) is 0 Å². The van der Waals surface area contributed by atoms with Crippen LogP contribution in [0.5, 0.6) is 11.5 Å². The largest absolute Gasteiger partial charge is 0.491 e. The van der Waals surface area contributed by atoms with Gasteiger partial charge in [-0.05, 0) is 36.4 Å². The summed E-state index contributed by atoms with van der Waals surface area (Å²) in [6, 6.07) is 16.8. The molecule has 0 radical (unpaired) electrons. The van der Waals surface area contributed by atoms with Crippen molar-refractivity contribution in [3.05, 3.63) is 54.6 Å². The van der Waals surface area contributed by atoms with Gasteiger partial charge in [-0.3, -0.25) is 4.79 Å². The molecular formula is C38H61NO14. The predicted octanol–water partition coefficient (Wildman–Crippen LogP) is 3.29. The predicted molar refractivity (Wildman–Crippen MR) is 197 cm³/mol. The Hall–Kier alpha value is -2.93. The van der Waals surface area contributed by atoms with Crippen molar-refractivity contribution in [2.45, 2.75) is 6.92 Å². The Kier molecular flexibility index (Phi) is 31.5. The van der Waals surface area contributed by atoms with Crippen LogP contribution in [-0.2, 0) is 56.9 Å². The van der Waals surface area contributed by atoms with E-state index in [1.54, 1.807) is 24.3 Å². The lowest BCUT2D eigenvalue weighted by Gasteiger charge is -2.09. The van der Waals surface area contributed by atoms with Gasteiger partial charge in [0.2, 0.25) is 5.91 Å². The zero-order valence-corrected chi connectivity index (χ0v) is 31.4. The SMILES string of the molecule is CC(=O)Nc1ccc(OCCOCCOCCOCCOCCOCCOCCOCCOCCOCCOCCOCCOc2ccccc2)cc1. The Balaban J connectivity index is 1.14. The molecule has 2 rings (SSSR count). The van der Waals surface area contributed by atoms with E-state index in [1.807, 2.05) is 30.3 Å². The lowest BCUT2D eigenvalue weighted by atomic mass is 10.3. The van der Waals surface area contributed by atoms with E-state index in [-0.39, 0.29) is 5.91 Å². The molecular weight excluding hydrogens is 694 g/mol. The third kappa shape index (κ3) is 31.2. The molecule has 0 spiro atoms. The van der Waals surface area contributed by atoms with Crippen LogP contribution in [0.1, 0.15) is 6.92 Å². The lowest BCUT2D eigenvalue weighted by Crippen LogP contribution is -2.15. The van der Waals surface area contributed by atoms with Crippen LogP contribution in [0.3, 0.4) is 0 Å². The number of nitrogens with one attached hydrogen (secondary N) is 1. The average molecular weight is 756 g/mol. The quantitative estimate of drug-likeness (QED) is 0.0995. The van der Waals surface area contributed by atoms with Gasteiger partial charge >= 0.3 is 0 Å². The zero-order chi connectivity index (χ0) is 37.5. The van der Waals surface area contributed by atoms with Gasteiger partial charge in [0.05, 0.1) is 145 Å². The molecule has 0 aliphatic carbocycles. The van der Waals surface area contributed by atoms with Gasteiger partial charge in [0, 0.05) is 12.6 Å². The molecule has 15 nitrogen and oxygen atoms in total. The number of anilines is 1. The smallest absolute Gasteiger partial charge is 0.221 e. The average Bonchev–Trinajstić information content (AvgIpc) is 3.17. The Morgan fingerprint density at radius 1 is 0.358 bits per heavy atom. The van der Waals surface area contributed by atoms with E-state index in [4.69, 9.17) is 61.6 Å². The van der Waals surface area contributed by atoms with E-state index in [9.17, 15) is 4.79 Å². The lowest BCUT2D eigenvalue weighted by molar-refractivity contribution is -0.114. The highest BCUT2D eigenvalue weighted by Gasteiger charge is 1.99. The number of benzene rings is 2. The summed E-state index contributed by atoms with van der Waals surface area (Å²) in [6.45, 7) is 13.4. The van der Waals surface area contributed by atoms with Gasteiger partial charge in [-0.2, -0.15) is 0 Å². The highest BCUT2D eigenvalue weighted by Crippen LogP contribution is 2.15. The summed E-state index contributed by atoms with van der Waals surface area (Å²) < 4.78 is 71.5. The summed E-state index contributed by atoms with van der Waals surface area (Å²) >= 11 is 0. The number of amides is 1. The number of carbonyl (C=O) groups is 1. The fourth-order valence-electron chi connectivity index (χ4n) is 4.09. The van der Waals surface area contributed by atoms with Crippen LogP contribution in [0.4, 0.5) is 5.69 Å². The Labute approximate surface area is 314 Å². The first kappa shape index (κ1) is 46.2. The number of rotatable bonds is 39. The number of hydrogen-bond acceptors (Lipinski definition) is 14. The second-order valence-corrected chi connectivity index (χ2v) is 11.0. The molecule has 1 amide bonds. The third-order valence-electron chi connectivity index (χ3n) is 6.63. The maximum atomic E-state index is 11.0. The van der Waals surface area contributed by atoms with Crippen molar-refractivity contribution in [3.63, 3.8) is 0 Å². The first-order valence-electron chi connectivity index (χ1n) is 18.3. The minimum atomic E-state index is -0.109. The maximum absolute atomic E-state index is 11.0. The van der Waals surface area contributed by atoms with Crippen LogP contribution in [0.2, 0.25) is 0 Å². The van der Waals surface area contributed by atoms with Crippen molar-refractivity contribution >= 4 is 11.6 Å². The van der Waals surface area contributed by atoms with E-state index in [2.05, 4.69) is 5.32 Å². The molecule has 0 fully saturated rings. The van der Waals surface area contributed by atoms with Crippen LogP contribution in [0.25, 0.3) is 0 Å². The Morgan fingerprint density at radius 2 is 0.604 bits per heavy atom. The topological polar surface area (TPSA) is 149 Å². The standard InChI is InChI=1S/C38H61NO14/c1-35(40)39-36-7-9-38(10-8-36)53-34-32-51-30-28-49-26-24-47-22-20-45-18-16-43-14-12-41-11-13-42-15-17-44-19-21-46-23-25-48-27-29-50-31-33-52-37-5-3-2-4-6-37/h2-10H,11-34H2,1H3,(H,39,40). The van der Waals surface area contributed by atoms with Crippen LogP contribution < -0.4 is 14.8 Å². The van der Waals surface area contributed by atoms with E-state index in [1.165, 1.54) is 6.92 Å². The highest BCUT2D eigenvalue weighted by atomic mass is 16.6. The molecule has 0 unspecified atom stereocenters. The minimum Gasteiger partial charge on any atom is -0.491 e. The van der Waals surface area contributed by atoms with Gasteiger partial charge in [-0.1, -0.05) is 18.2 Å². The molecule has 0 aromatic heterocycles. The van der Waals surface area contributed by atoms with Crippen molar-refractivity contribution < 1.29 is 66.4 Å². The first-order valence-corrected chi connectivity index (χ1v) is 18.3. The van der Waals surface area contributed by atoms with Gasteiger partial charge < -0.3 is 66.9 Å².